The molecular formula is C11H18O. The Morgan fingerprint density at radius 2 is 1.42 bits per heavy atom. The zero-order chi connectivity index (χ0) is 8.13. The van der Waals surface area contributed by atoms with Crippen molar-refractivity contribution >= 4 is 0 Å². The number of fused-ring (bicyclic) bond motifs is 5. The highest BCUT2D eigenvalue weighted by atomic mass is 16.5. The van der Waals surface area contributed by atoms with Gasteiger partial charge in [0.1, 0.15) is 0 Å². The molecule has 1 nitrogen and oxygen atoms in total. The van der Waals surface area contributed by atoms with Gasteiger partial charge in [-0.25, -0.2) is 0 Å². The summed E-state index contributed by atoms with van der Waals surface area (Å²) in [5.41, 5.74) is 0. The third kappa shape index (κ3) is 0.736. The van der Waals surface area contributed by atoms with Gasteiger partial charge in [-0.1, -0.05) is 6.42 Å². The van der Waals surface area contributed by atoms with Gasteiger partial charge >= 0.3 is 0 Å². The van der Waals surface area contributed by atoms with Crippen molar-refractivity contribution in [3.8, 4) is 0 Å². The van der Waals surface area contributed by atoms with E-state index in [2.05, 4.69) is 0 Å². The average Bonchev–Trinajstić information content (AvgIpc) is 2.75. The van der Waals surface area contributed by atoms with Crippen molar-refractivity contribution in [1.82, 2.24) is 0 Å². The molecular weight excluding hydrogens is 148 g/mol. The molecule has 3 aliphatic carbocycles. The lowest BCUT2D eigenvalue weighted by atomic mass is 9.82. The van der Waals surface area contributed by atoms with Gasteiger partial charge in [0.25, 0.3) is 0 Å². The van der Waals surface area contributed by atoms with Gasteiger partial charge in [-0.15, -0.1) is 0 Å². The number of hydrogen-bond acceptors (Lipinski definition) is 1. The van der Waals surface area contributed by atoms with Gasteiger partial charge in [0.2, 0.25) is 0 Å². The van der Waals surface area contributed by atoms with Crippen LogP contribution >= 0.6 is 0 Å². The van der Waals surface area contributed by atoms with Crippen molar-refractivity contribution in [2.45, 2.75) is 38.2 Å². The van der Waals surface area contributed by atoms with E-state index in [-0.39, 0.29) is 0 Å². The maximum absolute atomic E-state index is 5.63. The molecule has 4 unspecified atom stereocenters. The molecule has 3 rings (SSSR count). The highest BCUT2D eigenvalue weighted by molar-refractivity contribution is 5.05. The van der Waals surface area contributed by atoms with Crippen LogP contribution in [0.1, 0.15) is 32.1 Å². The van der Waals surface area contributed by atoms with E-state index in [9.17, 15) is 0 Å². The van der Waals surface area contributed by atoms with Gasteiger partial charge in [-0.2, -0.15) is 0 Å². The first kappa shape index (κ1) is 7.37. The molecule has 12 heavy (non-hydrogen) atoms. The zero-order valence-electron chi connectivity index (χ0n) is 7.83. The first-order chi connectivity index (χ1) is 5.92. The molecule has 4 atom stereocenters. The minimum absolute atomic E-state index is 0.653. The van der Waals surface area contributed by atoms with Crippen molar-refractivity contribution in [1.29, 1.82) is 0 Å². The second kappa shape index (κ2) is 2.47. The molecule has 0 aliphatic heterocycles. The number of ether oxygens (including phenoxy) is 1. The van der Waals surface area contributed by atoms with Crippen LogP contribution in [0.5, 0.6) is 0 Å². The Morgan fingerprint density at radius 1 is 0.833 bits per heavy atom. The fourth-order valence-electron chi connectivity index (χ4n) is 4.38. The lowest BCUT2D eigenvalue weighted by molar-refractivity contribution is 0.0560. The van der Waals surface area contributed by atoms with Crippen molar-refractivity contribution < 1.29 is 4.74 Å². The summed E-state index contributed by atoms with van der Waals surface area (Å²) in [6.45, 7) is 0. The third-order valence-electron chi connectivity index (χ3n) is 4.67. The molecule has 3 saturated carbocycles. The molecule has 3 fully saturated rings. The maximum atomic E-state index is 5.63. The van der Waals surface area contributed by atoms with Crippen LogP contribution in [0.15, 0.2) is 0 Å². The minimum atomic E-state index is 0.653. The van der Waals surface area contributed by atoms with Crippen LogP contribution in [0.2, 0.25) is 0 Å². The Balaban J connectivity index is 1.88. The molecule has 3 aliphatic rings. The monoisotopic (exact) mass is 166 g/mol. The normalized spacial score (nSPS) is 56.2. The topological polar surface area (TPSA) is 9.23 Å². The second-order valence-corrected chi connectivity index (χ2v) is 4.86. The van der Waals surface area contributed by atoms with E-state index in [1.807, 2.05) is 7.11 Å². The van der Waals surface area contributed by atoms with Crippen molar-refractivity contribution in [2.24, 2.45) is 23.7 Å². The maximum Gasteiger partial charge on any atom is 0.0633 e. The Kier molecular flexibility index (Phi) is 1.52. The van der Waals surface area contributed by atoms with Crippen LogP contribution in [0.3, 0.4) is 0 Å². The molecule has 0 heterocycles. The van der Waals surface area contributed by atoms with Crippen molar-refractivity contribution in [3.63, 3.8) is 0 Å². The van der Waals surface area contributed by atoms with E-state index in [4.69, 9.17) is 4.74 Å². The van der Waals surface area contributed by atoms with Crippen LogP contribution in [0.25, 0.3) is 0 Å². The molecule has 0 aromatic carbocycles. The van der Waals surface area contributed by atoms with Crippen LogP contribution in [0.4, 0.5) is 0 Å². The van der Waals surface area contributed by atoms with Crippen LogP contribution < -0.4 is 0 Å². The van der Waals surface area contributed by atoms with Crippen LogP contribution in [-0.2, 0) is 4.74 Å². The van der Waals surface area contributed by atoms with E-state index < -0.39 is 0 Å². The van der Waals surface area contributed by atoms with Crippen LogP contribution in [0, 0.1) is 23.7 Å². The van der Waals surface area contributed by atoms with E-state index in [1.165, 1.54) is 32.1 Å². The smallest absolute Gasteiger partial charge is 0.0633 e. The van der Waals surface area contributed by atoms with Gasteiger partial charge in [0.05, 0.1) is 6.10 Å². The Hall–Kier alpha value is -0.0400. The standard InChI is InChI=1S/C11H18O/c1-12-11-9-5-6-10(11)8-4-2-3-7(8)9/h7-11H,2-6H2,1H3. The molecule has 0 spiro atoms. The largest absolute Gasteiger partial charge is 0.381 e. The quantitative estimate of drug-likeness (QED) is 0.581. The first-order valence-corrected chi connectivity index (χ1v) is 5.44. The lowest BCUT2D eigenvalue weighted by Gasteiger charge is -2.22. The summed E-state index contributed by atoms with van der Waals surface area (Å²) < 4.78 is 5.63. The third-order valence-corrected chi connectivity index (χ3v) is 4.67. The Labute approximate surface area is 74.5 Å². The van der Waals surface area contributed by atoms with Gasteiger partial charge in [-0.05, 0) is 49.4 Å². The number of methoxy groups -OCH3 is 1. The number of hydrogen-bond donors (Lipinski definition) is 0. The molecule has 0 saturated heterocycles. The highest BCUT2D eigenvalue weighted by Gasteiger charge is 2.55. The van der Waals surface area contributed by atoms with Crippen molar-refractivity contribution in [2.75, 3.05) is 7.11 Å². The molecule has 0 aromatic heterocycles. The summed E-state index contributed by atoms with van der Waals surface area (Å²) in [6.07, 6.45) is 8.09. The van der Waals surface area contributed by atoms with E-state index in [0.29, 0.717) is 6.10 Å². The Bertz CT molecular complexity index is 167. The van der Waals surface area contributed by atoms with Gasteiger partial charge < -0.3 is 4.74 Å². The predicted molar refractivity (Wildman–Crippen MR) is 47.8 cm³/mol. The number of rotatable bonds is 1. The fourth-order valence-corrected chi connectivity index (χ4v) is 4.38. The van der Waals surface area contributed by atoms with Crippen LogP contribution in [-0.4, -0.2) is 13.2 Å². The van der Waals surface area contributed by atoms with E-state index >= 15 is 0 Å². The predicted octanol–water partition coefficient (Wildman–Crippen LogP) is 2.46. The summed E-state index contributed by atoms with van der Waals surface area (Å²) >= 11 is 0. The molecule has 0 aromatic rings. The summed E-state index contributed by atoms with van der Waals surface area (Å²) in [7, 11) is 1.91. The molecule has 0 N–H and O–H groups in total. The first-order valence-electron chi connectivity index (χ1n) is 5.44. The Morgan fingerprint density at radius 3 is 1.92 bits per heavy atom. The molecule has 0 amide bonds. The summed E-state index contributed by atoms with van der Waals surface area (Å²) in [6, 6.07) is 0. The molecule has 1 heteroatoms. The lowest BCUT2D eigenvalue weighted by Crippen LogP contribution is -2.18. The molecule has 0 radical (unpaired) electrons. The molecule has 68 valence electrons. The summed E-state index contributed by atoms with van der Waals surface area (Å²) in [5.74, 6) is 4.03. The van der Waals surface area contributed by atoms with E-state index in [0.717, 1.165) is 23.7 Å². The van der Waals surface area contributed by atoms with Crippen molar-refractivity contribution in [3.05, 3.63) is 0 Å². The second-order valence-electron chi connectivity index (χ2n) is 4.86. The molecule has 2 bridgehead atoms. The fraction of sp³-hybridized carbons (Fsp3) is 1.00. The van der Waals surface area contributed by atoms with Gasteiger partial charge in [-0.3, -0.25) is 0 Å². The highest BCUT2D eigenvalue weighted by Crippen LogP contribution is 2.59. The minimum Gasteiger partial charge on any atom is -0.381 e. The van der Waals surface area contributed by atoms with Gasteiger partial charge in [0.15, 0.2) is 0 Å². The van der Waals surface area contributed by atoms with Gasteiger partial charge in [0, 0.05) is 7.11 Å². The average molecular weight is 166 g/mol. The summed E-state index contributed by atoms with van der Waals surface area (Å²) in [4.78, 5) is 0. The summed E-state index contributed by atoms with van der Waals surface area (Å²) in [5, 5.41) is 0. The zero-order valence-corrected chi connectivity index (χ0v) is 7.83. The van der Waals surface area contributed by atoms with E-state index in [1.54, 1.807) is 0 Å². The SMILES string of the molecule is COC1C2CCC1C1CCCC12.